The zero-order valence-corrected chi connectivity index (χ0v) is 16.7. The van der Waals surface area contributed by atoms with E-state index in [0.717, 1.165) is 11.1 Å². The van der Waals surface area contributed by atoms with Crippen molar-refractivity contribution in [3.05, 3.63) is 29.3 Å². The molecule has 0 saturated heterocycles. The van der Waals surface area contributed by atoms with Gasteiger partial charge in [0.2, 0.25) is 0 Å². The highest BCUT2D eigenvalue weighted by molar-refractivity contribution is 7.86. The summed E-state index contributed by atoms with van der Waals surface area (Å²) in [6.07, 6.45) is 0.628. The largest absolute Gasteiger partial charge is 0.382 e. The van der Waals surface area contributed by atoms with Gasteiger partial charge in [-0.3, -0.25) is 4.18 Å². The van der Waals surface area contributed by atoms with Crippen LogP contribution in [-0.4, -0.2) is 68.4 Å². The Labute approximate surface area is 156 Å². The van der Waals surface area contributed by atoms with E-state index in [2.05, 4.69) is 0 Å². The maximum Gasteiger partial charge on any atom is 0.297 e. The highest BCUT2D eigenvalue weighted by Gasteiger charge is 2.18. The SMILES string of the molecule is CCc1cc(C)ccc1S(=O)(=O)OCCOCCOCCOCCOC. The molecule has 0 amide bonds. The average Bonchev–Trinajstić information content (AvgIpc) is 2.62. The molecular formula is C18H30O7S. The zero-order valence-electron chi connectivity index (χ0n) is 15.9. The third-order valence-electron chi connectivity index (χ3n) is 3.51. The van der Waals surface area contributed by atoms with Crippen LogP contribution in [0.5, 0.6) is 0 Å². The lowest BCUT2D eigenvalue weighted by molar-refractivity contribution is 0.000399. The van der Waals surface area contributed by atoms with Gasteiger partial charge in [0.15, 0.2) is 0 Å². The Kier molecular flexibility index (Phi) is 11.7. The maximum atomic E-state index is 12.3. The number of benzene rings is 1. The monoisotopic (exact) mass is 390 g/mol. The second-order valence-electron chi connectivity index (χ2n) is 5.57. The molecule has 150 valence electrons. The van der Waals surface area contributed by atoms with Crippen molar-refractivity contribution in [2.45, 2.75) is 25.2 Å². The average molecular weight is 390 g/mol. The normalized spacial score (nSPS) is 11.8. The van der Waals surface area contributed by atoms with E-state index in [9.17, 15) is 8.42 Å². The summed E-state index contributed by atoms with van der Waals surface area (Å²) in [6, 6.07) is 5.22. The van der Waals surface area contributed by atoms with Gasteiger partial charge in [0, 0.05) is 7.11 Å². The highest BCUT2D eigenvalue weighted by Crippen LogP contribution is 2.20. The molecule has 0 spiro atoms. The Morgan fingerprint density at radius 3 is 1.92 bits per heavy atom. The van der Waals surface area contributed by atoms with Crippen LogP contribution < -0.4 is 0 Å². The van der Waals surface area contributed by atoms with E-state index in [0.29, 0.717) is 46.1 Å². The maximum absolute atomic E-state index is 12.3. The smallest absolute Gasteiger partial charge is 0.297 e. The van der Waals surface area contributed by atoms with E-state index in [-0.39, 0.29) is 18.1 Å². The van der Waals surface area contributed by atoms with Gasteiger partial charge in [-0.1, -0.05) is 24.6 Å². The van der Waals surface area contributed by atoms with Crippen molar-refractivity contribution in [1.29, 1.82) is 0 Å². The molecule has 7 nitrogen and oxygen atoms in total. The van der Waals surface area contributed by atoms with Gasteiger partial charge < -0.3 is 18.9 Å². The Balaban J connectivity index is 2.16. The van der Waals surface area contributed by atoms with Crippen molar-refractivity contribution in [3.63, 3.8) is 0 Å². The van der Waals surface area contributed by atoms with E-state index >= 15 is 0 Å². The molecule has 1 aromatic carbocycles. The summed E-state index contributed by atoms with van der Waals surface area (Å²) in [5.74, 6) is 0. The fourth-order valence-corrected chi connectivity index (χ4v) is 3.35. The lowest BCUT2D eigenvalue weighted by Gasteiger charge is -2.11. The predicted octanol–water partition coefficient (Wildman–Crippen LogP) is 1.96. The summed E-state index contributed by atoms with van der Waals surface area (Å²) in [5.41, 5.74) is 1.78. The minimum atomic E-state index is -3.77. The molecule has 0 fully saturated rings. The minimum absolute atomic E-state index is 0.0283. The first-order valence-electron chi connectivity index (χ1n) is 8.72. The van der Waals surface area contributed by atoms with Crippen LogP contribution >= 0.6 is 0 Å². The molecule has 0 atom stereocenters. The number of hydrogen-bond donors (Lipinski definition) is 0. The Morgan fingerprint density at radius 2 is 1.38 bits per heavy atom. The van der Waals surface area contributed by atoms with Crippen molar-refractivity contribution >= 4 is 10.1 Å². The quantitative estimate of drug-likeness (QED) is 0.334. The second-order valence-corrected chi connectivity index (χ2v) is 7.15. The molecule has 0 aromatic heterocycles. The van der Waals surface area contributed by atoms with Crippen LogP contribution in [0.2, 0.25) is 0 Å². The van der Waals surface area contributed by atoms with Crippen LogP contribution in [0.4, 0.5) is 0 Å². The van der Waals surface area contributed by atoms with E-state index in [4.69, 9.17) is 23.1 Å². The van der Waals surface area contributed by atoms with Crippen molar-refractivity contribution in [2.75, 3.05) is 60.0 Å². The minimum Gasteiger partial charge on any atom is -0.382 e. The lowest BCUT2D eigenvalue weighted by Crippen LogP contribution is -2.15. The van der Waals surface area contributed by atoms with E-state index < -0.39 is 10.1 Å². The van der Waals surface area contributed by atoms with Gasteiger partial charge in [0.25, 0.3) is 10.1 Å². The highest BCUT2D eigenvalue weighted by atomic mass is 32.2. The Bertz CT molecular complexity index is 602. The van der Waals surface area contributed by atoms with Crippen LogP contribution in [0.1, 0.15) is 18.1 Å². The first-order valence-corrected chi connectivity index (χ1v) is 10.1. The molecular weight excluding hydrogens is 360 g/mol. The Morgan fingerprint density at radius 1 is 0.846 bits per heavy atom. The number of rotatable bonds is 15. The summed E-state index contributed by atoms with van der Waals surface area (Å²) in [5, 5.41) is 0. The van der Waals surface area contributed by atoms with Gasteiger partial charge in [-0.2, -0.15) is 8.42 Å². The number of aryl methyl sites for hydroxylation is 2. The van der Waals surface area contributed by atoms with E-state index in [1.54, 1.807) is 19.2 Å². The molecule has 26 heavy (non-hydrogen) atoms. The molecule has 0 radical (unpaired) electrons. The second kappa shape index (κ2) is 13.2. The molecule has 0 aliphatic rings. The third-order valence-corrected chi connectivity index (χ3v) is 4.92. The molecule has 0 aliphatic carbocycles. The summed E-state index contributed by atoms with van der Waals surface area (Å²) in [4.78, 5) is 0.224. The van der Waals surface area contributed by atoms with Crippen LogP contribution in [0.15, 0.2) is 23.1 Å². The van der Waals surface area contributed by atoms with Gasteiger partial charge in [0.1, 0.15) is 0 Å². The van der Waals surface area contributed by atoms with Crippen LogP contribution in [0.25, 0.3) is 0 Å². The first-order chi connectivity index (χ1) is 12.5. The third kappa shape index (κ3) is 9.07. The van der Waals surface area contributed by atoms with E-state index in [1.807, 2.05) is 19.9 Å². The van der Waals surface area contributed by atoms with Crippen molar-refractivity contribution < 1.29 is 31.5 Å². The molecule has 0 heterocycles. The zero-order chi connectivity index (χ0) is 19.3. The van der Waals surface area contributed by atoms with Crippen LogP contribution in [0, 0.1) is 6.92 Å². The topological polar surface area (TPSA) is 80.3 Å². The number of hydrogen-bond acceptors (Lipinski definition) is 7. The van der Waals surface area contributed by atoms with Crippen LogP contribution in [-0.2, 0) is 39.7 Å². The molecule has 0 unspecified atom stereocenters. The summed E-state index contributed by atoms with van der Waals surface area (Å²) < 4.78 is 50.3. The predicted molar refractivity (Wildman–Crippen MR) is 98.0 cm³/mol. The fourth-order valence-electron chi connectivity index (χ4n) is 2.18. The number of ether oxygens (including phenoxy) is 4. The van der Waals surface area contributed by atoms with Gasteiger partial charge >= 0.3 is 0 Å². The van der Waals surface area contributed by atoms with E-state index in [1.165, 1.54) is 0 Å². The van der Waals surface area contributed by atoms with Gasteiger partial charge in [-0.25, -0.2) is 0 Å². The summed E-state index contributed by atoms with van der Waals surface area (Å²) >= 11 is 0. The first kappa shape index (κ1) is 23.0. The number of methoxy groups -OCH3 is 1. The molecule has 8 heteroatoms. The molecule has 0 bridgehead atoms. The van der Waals surface area contributed by atoms with Crippen molar-refractivity contribution in [1.82, 2.24) is 0 Å². The Hall–Kier alpha value is -1.03. The van der Waals surface area contributed by atoms with Gasteiger partial charge in [-0.15, -0.1) is 0 Å². The lowest BCUT2D eigenvalue weighted by atomic mass is 10.1. The molecule has 1 rings (SSSR count). The molecule has 1 aromatic rings. The van der Waals surface area contributed by atoms with Crippen molar-refractivity contribution in [3.8, 4) is 0 Å². The van der Waals surface area contributed by atoms with Gasteiger partial charge in [0.05, 0.1) is 57.8 Å². The molecule has 0 aliphatic heterocycles. The van der Waals surface area contributed by atoms with Gasteiger partial charge in [-0.05, 0) is 25.0 Å². The van der Waals surface area contributed by atoms with Crippen molar-refractivity contribution in [2.24, 2.45) is 0 Å². The standard InChI is InChI=1S/C18H30O7S/c1-4-17-15-16(2)5-6-18(17)26(19,20)25-14-13-24-12-11-23-10-9-22-8-7-21-3/h5-6,15H,4,7-14H2,1-3H3. The molecule has 0 N–H and O–H groups in total. The molecule has 0 saturated carbocycles. The van der Waals surface area contributed by atoms with Crippen LogP contribution in [0.3, 0.4) is 0 Å². The summed E-state index contributed by atoms with van der Waals surface area (Å²) in [7, 11) is -2.15. The summed E-state index contributed by atoms with van der Waals surface area (Å²) in [6.45, 7) is 6.87. The fraction of sp³-hybridized carbons (Fsp3) is 0.667.